The fraction of sp³-hybridized carbons (Fsp3) is 0.292. The SMILES string of the molecule is COc1cccc(/C=C2\C[NH+](C)C/C(=C\c3cccc(OC)c3OC)C2=O)c1OC. The molecular weight excluding hydrogens is 382 g/mol. The van der Waals surface area contributed by atoms with E-state index in [2.05, 4.69) is 7.05 Å². The minimum absolute atomic E-state index is 0.0235. The van der Waals surface area contributed by atoms with Gasteiger partial charge in [0, 0.05) is 11.1 Å². The van der Waals surface area contributed by atoms with Crippen molar-refractivity contribution in [2.45, 2.75) is 0 Å². The molecule has 158 valence electrons. The Morgan fingerprint density at radius 1 is 0.733 bits per heavy atom. The van der Waals surface area contributed by atoms with E-state index < -0.39 is 0 Å². The van der Waals surface area contributed by atoms with E-state index in [0.717, 1.165) is 22.3 Å². The maximum Gasteiger partial charge on any atom is 0.196 e. The number of para-hydroxylation sites is 2. The van der Waals surface area contributed by atoms with Crippen LogP contribution in [0.3, 0.4) is 0 Å². The topological polar surface area (TPSA) is 58.4 Å². The van der Waals surface area contributed by atoms with Gasteiger partial charge in [0.15, 0.2) is 28.8 Å². The summed E-state index contributed by atoms with van der Waals surface area (Å²) in [5.41, 5.74) is 3.07. The summed E-state index contributed by atoms with van der Waals surface area (Å²) in [6, 6.07) is 11.3. The van der Waals surface area contributed by atoms with Gasteiger partial charge in [0.1, 0.15) is 13.1 Å². The van der Waals surface area contributed by atoms with Crippen LogP contribution in [0.1, 0.15) is 11.1 Å². The van der Waals surface area contributed by atoms with Crippen LogP contribution in [-0.2, 0) is 4.79 Å². The van der Waals surface area contributed by atoms with Gasteiger partial charge >= 0.3 is 0 Å². The molecular formula is C24H28NO5+. The second-order valence-electron chi connectivity index (χ2n) is 7.14. The van der Waals surface area contributed by atoms with Gasteiger partial charge in [-0.3, -0.25) is 4.79 Å². The van der Waals surface area contributed by atoms with Gasteiger partial charge in [-0.25, -0.2) is 0 Å². The number of methoxy groups -OCH3 is 4. The highest BCUT2D eigenvalue weighted by Crippen LogP contribution is 2.34. The summed E-state index contributed by atoms with van der Waals surface area (Å²) in [4.78, 5) is 14.5. The molecule has 1 N–H and O–H groups in total. The Balaban J connectivity index is 2.03. The van der Waals surface area contributed by atoms with Gasteiger partial charge in [0.25, 0.3) is 0 Å². The number of hydrogen-bond donors (Lipinski definition) is 1. The van der Waals surface area contributed by atoms with Gasteiger partial charge in [-0.1, -0.05) is 24.3 Å². The van der Waals surface area contributed by atoms with Gasteiger partial charge in [-0.05, 0) is 24.3 Å². The van der Waals surface area contributed by atoms with E-state index in [1.54, 1.807) is 28.4 Å². The molecule has 6 heteroatoms. The number of carbonyl (C=O) groups excluding carboxylic acids is 1. The summed E-state index contributed by atoms with van der Waals surface area (Å²) in [7, 11) is 8.46. The molecule has 0 amide bonds. The van der Waals surface area contributed by atoms with E-state index in [4.69, 9.17) is 18.9 Å². The Kier molecular flexibility index (Phi) is 6.79. The molecule has 0 bridgehead atoms. The molecule has 1 aliphatic rings. The van der Waals surface area contributed by atoms with Crippen molar-refractivity contribution < 1.29 is 28.6 Å². The van der Waals surface area contributed by atoms with E-state index in [1.807, 2.05) is 48.6 Å². The third-order valence-electron chi connectivity index (χ3n) is 5.09. The highest BCUT2D eigenvalue weighted by Gasteiger charge is 2.28. The van der Waals surface area contributed by atoms with Crippen LogP contribution < -0.4 is 23.8 Å². The van der Waals surface area contributed by atoms with Crippen molar-refractivity contribution in [2.75, 3.05) is 48.6 Å². The maximum absolute atomic E-state index is 13.3. The number of rotatable bonds is 6. The van der Waals surface area contributed by atoms with Crippen molar-refractivity contribution in [1.82, 2.24) is 0 Å². The van der Waals surface area contributed by atoms with Crippen molar-refractivity contribution in [3.05, 3.63) is 58.7 Å². The number of carbonyl (C=O) groups is 1. The van der Waals surface area contributed by atoms with Crippen LogP contribution in [0, 0.1) is 0 Å². The van der Waals surface area contributed by atoms with Crippen molar-refractivity contribution in [3.63, 3.8) is 0 Å². The highest BCUT2D eigenvalue weighted by molar-refractivity contribution is 6.14. The molecule has 2 aromatic carbocycles. The van der Waals surface area contributed by atoms with Gasteiger partial charge in [0.2, 0.25) is 0 Å². The number of piperidine rings is 1. The second-order valence-corrected chi connectivity index (χ2v) is 7.14. The first-order chi connectivity index (χ1) is 14.5. The fourth-order valence-electron chi connectivity index (χ4n) is 3.74. The number of nitrogens with one attached hydrogen (secondary N) is 1. The Bertz CT molecular complexity index is 916. The molecule has 0 radical (unpaired) electrons. The highest BCUT2D eigenvalue weighted by atomic mass is 16.5. The molecule has 0 spiro atoms. The zero-order valence-electron chi connectivity index (χ0n) is 18.1. The predicted molar refractivity (Wildman–Crippen MR) is 117 cm³/mol. The molecule has 1 fully saturated rings. The van der Waals surface area contributed by atoms with Crippen molar-refractivity contribution in [2.24, 2.45) is 0 Å². The quantitative estimate of drug-likeness (QED) is 0.741. The summed E-state index contributed by atoms with van der Waals surface area (Å²) in [5.74, 6) is 2.52. The van der Waals surface area contributed by atoms with Gasteiger partial charge in [0.05, 0.1) is 46.6 Å². The van der Waals surface area contributed by atoms with E-state index in [0.29, 0.717) is 36.1 Å². The molecule has 3 rings (SSSR count). The lowest BCUT2D eigenvalue weighted by Crippen LogP contribution is -3.10. The van der Waals surface area contributed by atoms with Crippen LogP contribution in [0.4, 0.5) is 0 Å². The fourth-order valence-corrected chi connectivity index (χ4v) is 3.74. The number of benzene rings is 2. The van der Waals surface area contributed by atoms with Crippen LogP contribution in [-0.4, -0.2) is 54.4 Å². The van der Waals surface area contributed by atoms with E-state index in [-0.39, 0.29) is 5.78 Å². The van der Waals surface area contributed by atoms with Gasteiger partial charge in [-0.2, -0.15) is 0 Å². The lowest BCUT2D eigenvalue weighted by molar-refractivity contribution is -0.870. The Hall–Kier alpha value is -3.25. The van der Waals surface area contributed by atoms with Crippen LogP contribution >= 0.6 is 0 Å². The monoisotopic (exact) mass is 410 g/mol. The number of Topliss-reactive ketones (excluding diaryl/α,β-unsaturated/α-hetero) is 1. The molecule has 2 aromatic rings. The molecule has 1 heterocycles. The largest absolute Gasteiger partial charge is 0.493 e. The zero-order valence-corrected chi connectivity index (χ0v) is 18.1. The van der Waals surface area contributed by atoms with Crippen LogP contribution in [0.5, 0.6) is 23.0 Å². The van der Waals surface area contributed by atoms with E-state index in [1.165, 1.54) is 4.90 Å². The zero-order chi connectivity index (χ0) is 21.7. The molecule has 0 atom stereocenters. The Morgan fingerprint density at radius 3 is 1.53 bits per heavy atom. The number of likely N-dealkylation sites (tertiary alicyclic amines) is 1. The predicted octanol–water partition coefficient (Wildman–Crippen LogP) is 2.29. The molecule has 0 aliphatic carbocycles. The minimum Gasteiger partial charge on any atom is -0.493 e. The van der Waals surface area contributed by atoms with Crippen molar-refractivity contribution in [3.8, 4) is 23.0 Å². The second kappa shape index (κ2) is 9.50. The standard InChI is InChI=1S/C24H27NO5/c1-25-14-18(12-16-8-6-10-20(27-2)23(16)29-4)22(26)19(15-25)13-17-9-7-11-21(28-3)24(17)30-5/h6-13H,14-15H2,1-5H3/p+1/b18-12+,19-13+. The molecule has 0 aromatic heterocycles. The van der Waals surface area contributed by atoms with Crippen molar-refractivity contribution >= 4 is 17.9 Å². The molecule has 1 saturated heterocycles. The summed E-state index contributed by atoms with van der Waals surface area (Å²) >= 11 is 0. The normalized spacial score (nSPS) is 19.1. The molecule has 0 unspecified atom stereocenters. The number of quaternary nitrogens is 1. The number of ether oxygens (including phenoxy) is 4. The average molecular weight is 410 g/mol. The molecule has 1 aliphatic heterocycles. The van der Waals surface area contributed by atoms with Crippen molar-refractivity contribution in [1.29, 1.82) is 0 Å². The Morgan fingerprint density at radius 2 is 1.17 bits per heavy atom. The van der Waals surface area contributed by atoms with E-state index in [9.17, 15) is 4.79 Å². The summed E-state index contributed by atoms with van der Waals surface area (Å²) in [6.45, 7) is 1.26. The van der Waals surface area contributed by atoms with Crippen LogP contribution in [0.25, 0.3) is 12.2 Å². The first kappa shape index (κ1) is 21.5. The summed E-state index contributed by atoms with van der Waals surface area (Å²) in [6.07, 6.45) is 3.78. The lowest BCUT2D eigenvalue weighted by atomic mass is 9.94. The number of ketones is 1. The molecule has 6 nitrogen and oxygen atoms in total. The first-order valence-electron chi connectivity index (χ1n) is 9.71. The van der Waals surface area contributed by atoms with E-state index >= 15 is 0 Å². The Labute approximate surface area is 177 Å². The third kappa shape index (κ3) is 4.33. The minimum atomic E-state index is 0.0235. The molecule has 30 heavy (non-hydrogen) atoms. The summed E-state index contributed by atoms with van der Waals surface area (Å²) in [5, 5.41) is 0. The first-order valence-corrected chi connectivity index (χ1v) is 9.71. The van der Waals surface area contributed by atoms with Gasteiger partial charge < -0.3 is 23.8 Å². The number of likely N-dealkylation sites (N-methyl/N-ethyl adjacent to an activating group) is 1. The maximum atomic E-state index is 13.3. The van der Waals surface area contributed by atoms with Crippen LogP contribution in [0.15, 0.2) is 47.5 Å². The lowest BCUT2D eigenvalue weighted by Gasteiger charge is -2.24. The summed E-state index contributed by atoms with van der Waals surface area (Å²) < 4.78 is 21.8. The molecule has 0 saturated carbocycles. The smallest absolute Gasteiger partial charge is 0.196 e. The number of hydrogen-bond acceptors (Lipinski definition) is 5. The van der Waals surface area contributed by atoms with Gasteiger partial charge in [-0.15, -0.1) is 0 Å². The van der Waals surface area contributed by atoms with Crippen LogP contribution in [0.2, 0.25) is 0 Å². The average Bonchev–Trinajstić information content (AvgIpc) is 2.76. The third-order valence-corrected chi connectivity index (χ3v) is 5.09.